The molecular weight excluding hydrogens is 324 g/mol. The molecule has 20 heavy (non-hydrogen) atoms. The van der Waals surface area contributed by atoms with E-state index in [0.717, 1.165) is 11.3 Å². The number of aromatic nitrogens is 1. The van der Waals surface area contributed by atoms with E-state index in [1.165, 1.54) is 24.4 Å². The lowest BCUT2D eigenvalue weighted by molar-refractivity contribution is 0.0698. The Hall–Kier alpha value is -1.64. The van der Waals surface area contributed by atoms with E-state index in [9.17, 15) is 13.2 Å². The van der Waals surface area contributed by atoms with Crippen LogP contribution in [0.2, 0.25) is 5.02 Å². The van der Waals surface area contributed by atoms with Crippen molar-refractivity contribution in [3.8, 4) is 0 Å². The lowest BCUT2D eigenvalue weighted by Crippen LogP contribution is -2.14. The highest BCUT2D eigenvalue weighted by Gasteiger charge is 2.22. The molecule has 0 saturated carbocycles. The minimum Gasteiger partial charge on any atom is -0.478 e. The minimum absolute atomic E-state index is 0.00585. The van der Waals surface area contributed by atoms with E-state index in [2.05, 4.69) is 9.71 Å². The van der Waals surface area contributed by atoms with E-state index in [4.69, 9.17) is 16.7 Å². The minimum atomic E-state index is -3.88. The van der Waals surface area contributed by atoms with Gasteiger partial charge < -0.3 is 5.11 Å². The maximum Gasteiger partial charge on any atom is 0.339 e. The number of rotatable bonds is 4. The Morgan fingerprint density at radius 3 is 2.70 bits per heavy atom. The maximum absolute atomic E-state index is 12.1. The summed E-state index contributed by atoms with van der Waals surface area (Å²) in [7, 11) is -3.88. The molecule has 2 N–H and O–H groups in total. The van der Waals surface area contributed by atoms with Crippen LogP contribution in [-0.4, -0.2) is 24.5 Å². The number of halogens is 1. The highest BCUT2D eigenvalue weighted by atomic mass is 35.5. The first-order chi connectivity index (χ1) is 9.31. The van der Waals surface area contributed by atoms with Crippen molar-refractivity contribution in [2.75, 3.05) is 4.72 Å². The number of aromatic carboxylic acids is 1. The Balaban J connectivity index is 2.45. The SMILES string of the molecule is Cc1ncc(S(=O)(=O)Nc2cccc(Cl)c2C(=O)O)s1. The molecule has 0 aliphatic heterocycles. The zero-order valence-electron chi connectivity index (χ0n) is 10.1. The highest BCUT2D eigenvalue weighted by molar-refractivity contribution is 7.94. The van der Waals surface area contributed by atoms with Gasteiger partial charge in [-0.05, 0) is 19.1 Å². The van der Waals surface area contributed by atoms with Gasteiger partial charge in [0, 0.05) is 0 Å². The van der Waals surface area contributed by atoms with E-state index in [1.54, 1.807) is 6.92 Å². The summed E-state index contributed by atoms with van der Waals surface area (Å²) in [5.74, 6) is -1.31. The predicted molar refractivity (Wildman–Crippen MR) is 76.1 cm³/mol. The van der Waals surface area contributed by atoms with Crippen molar-refractivity contribution < 1.29 is 18.3 Å². The zero-order chi connectivity index (χ0) is 14.9. The molecule has 1 aromatic carbocycles. The molecular formula is C11H9ClN2O4S2. The molecule has 0 spiro atoms. The molecule has 0 bridgehead atoms. The molecule has 0 aliphatic carbocycles. The van der Waals surface area contributed by atoms with Crippen molar-refractivity contribution in [2.45, 2.75) is 11.1 Å². The summed E-state index contributed by atoms with van der Waals surface area (Å²) < 4.78 is 26.5. The van der Waals surface area contributed by atoms with E-state index < -0.39 is 16.0 Å². The molecule has 0 unspecified atom stereocenters. The standard InChI is InChI=1S/C11H9ClN2O4S2/c1-6-13-5-9(19-6)20(17,18)14-8-4-2-3-7(12)10(8)11(15)16/h2-5,14H,1H3,(H,15,16). The van der Waals surface area contributed by atoms with Crippen LogP contribution in [-0.2, 0) is 10.0 Å². The van der Waals surface area contributed by atoms with Gasteiger partial charge in [0.25, 0.3) is 10.0 Å². The fourth-order valence-corrected chi connectivity index (χ4v) is 3.92. The van der Waals surface area contributed by atoms with Gasteiger partial charge in [-0.25, -0.2) is 18.2 Å². The molecule has 0 aliphatic rings. The van der Waals surface area contributed by atoms with Gasteiger partial charge in [0.15, 0.2) is 4.21 Å². The van der Waals surface area contributed by atoms with Crippen LogP contribution in [0.5, 0.6) is 0 Å². The number of thiazole rings is 1. The van der Waals surface area contributed by atoms with E-state index in [1.807, 2.05) is 0 Å². The Bertz CT molecular complexity index is 770. The van der Waals surface area contributed by atoms with Crippen molar-refractivity contribution in [2.24, 2.45) is 0 Å². The normalized spacial score (nSPS) is 11.3. The number of carboxylic acid groups (broad SMARTS) is 1. The average Bonchev–Trinajstić information content (AvgIpc) is 2.75. The van der Waals surface area contributed by atoms with E-state index in [-0.39, 0.29) is 20.5 Å². The first kappa shape index (κ1) is 14.8. The number of carboxylic acids is 1. The van der Waals surface area contributed by atoms with Crippen LogP contribution in [0.15, 0.2) is 28.6 Å². The molecule has 6 nitrogen and oxygen atoms in total. The fourth-order valence-electron chi connectivity index (χ4n) is 1.49. The fraction of sp³-hybridized carbons (Fsp3) is 0.0909. The van der Waals surface area contributed by atoms with Gasteiger partial charge in [-0.1, -0.05) is 17.7 Å². The van der Waals surface area contributed by atoms with Crippen molar-refractivity contribution in [3.05, 3.63) is 40.0 Å². The second-order valence-electron chi connectivity index (χ2n) is 3.77. The average molecular weight is 333 g/mol. The van der Waals surface area contributed by atoms with Crippen molar-refractivity contribution in [1.82, 2.24) is 4.98 Å². The number of hydrogen-bond donors (Lipinski definition) is 2. The number of hydrogen-bond acceptors (Lipinski definition) is 5. The molecule has 2 rings (SSSR count). The Labute approximate surface area is 124 Å². The van der Waals surface area contributed by atoms with E-state index in [0.29, 0.717) is 5.01 Å². The molecule has 0 fully saturated rings. The van der Waals surface area contributed by atoms with Crippen molar-refractivity contribution in [3.63, 3.8) is 0 Å². The second kappa shape index (κ2) is 5.39. The third-order valence-corrected chi connectivity index (χ3v) is 5.39. The quantitative estimate of drug-likeness (QED) is 0.897. The largest absolute Gasteiger partial charge is 0.478 e. The van der Waals surface area contributed by atoms with Gasteiger partial charge in [-0.3, -0.25) is 4.72 Å². The molecule has 1 aromatic heterocycles. The number of sulfonamides is 1. The number of aryl methyl sites for hydroxylation is 1. The van der Waals surface area contributed by atoms with Crippen LogP contribution in [0.4, 0.5) is 5.69 Å². The predicted octanol–water partition coefficient (Wildman–Crippen LogP) is 2.60. The highest BCUT2D eigenvalue weighted by Crippen LogP contribution is 2.27. The summed E-state index contributed by atoms with van der Waals surface area (Å²) in [4.78, 5) is 15.0. The Kier molecular flexibility index (Phi) is 3.98. The summed E-state index contributed by atoms with van der Waals surface area (Å²) >= 11 is 6.77. The third kappa shape index (κ3) is 2.92. The zero-order valence-corrected chi connectivity index (χ0v) is 12.5. The Morgan fingerprint density at radius 1 is 1.45 bits per heavy atom. The molecule has 106 valence electrons. The lowest BCUT2D eigenvalue weighted by Gasteiger charge is -2.10. The Morgan fingerprint density at radius 2 is 2.15 bits per heavy atom. The van der Waals surface area contributed by atoms with Gasteiger partial charge >= 0.3 is 5.97 Å². The van der Waals surface area contributed by atoms with Crippen molar-refractivity contribution in [1.29, 1.82) is 0 Å². The number of anilines is 1. The third-order valence-electron chi connectivity index (χ3n) is 2.34. The van der Waals surface area contributed by atoms with Gasteiger partial charge in [0.2, 0.25) is 0 Å². The van der Waals surface area contributed by atoms with Gasteiger partial charge in [0.1, 0.15) is 5.56 Å². The molecule has 9 heteroatoms. The second-order valence-corrected chi connectivity index (χ2v) is 7.32. The van der Waals surface area contributed by atoms with Gasteiger partial charge in [-0.2, -0.15) is 0 Å². The molecule has 0 radical (unpaired) electrons. The van der Waals surface area contributed by atoms with Crippen LogP contribution >= 0.6 is 22.9 Å². The molecule has 1 heterocycles. The monoisotopic (exact) mass is 332 g/mol. The summed E-state index contributed by atoms with van der Waals surface area (Å²) in [6, 6.07) is 4.17. The summed E-state index contributed by atoms with van der Waals surface area (Å²) in [6.07, 6.45) is 1.22. The lowest BCUT2D eigenvalue weighted by atomic mass is 10.2. The van der Waals surface area contributed by atoms with Crippen LogP contribution < -0.4 is 4.72 Å². The number of nitrogens with zero attached hydrogens (tertiary/aromatic N) is 1. The topological polar surface area (TPSA) is 96.4 Å². The molecule has 2 aromatic rings. The first-order valence-corrected chi connectivity index (χ1v) is 7.96. The smallest absolute Gasteiger partial charge is 0.339 e. The van der Waals surface area contributed by atoms with E-state index >= 15 is 0 Å². The van der Waals surface area contributed by atoms with Gasteiger partial charge in [0.05, 0.1) is 21.9 Å². The van der Waals surface area contributed by atoms with Crippen LogP contribution in [0.25, 0.3) is 0 Å². The van der Waals surface area contributed by atoms with Gasteiger partial charge in [-0.15, -0.1) is 11.3 Å². The number of carbonyl (C=O) groups is 1. The number of benzene rings is 1. The molecule has 0 saturated heterocycles. The molecule has 0 atom stereocenters. The summed E-state index contributed by atoms with van der Waals surface area (Å²) in [5, 5.41) is 9.64. The number of nitrogens with one attached hydrogen (secondary N) is 1. The molecule has 0 amide bonds. The van der Waals surface area contributed by atoms with Crippen LogP contribution in [0, 0.1) is 6.92 Å². The maximum atomic E-state index is 12.1. The first-order valence-electron chi connectivity index (χ1n) is 5.28. The summed E-state index contributed by atoms with van der Waals surface area (Å²) in [6.45, 7) is 1.67. The van der Waals surface area contributed by atoms with Crippen molar-refractivity contribution >= 4 is 44.6 Å². The van der Waals surface area contributed by atoms with Crippen LogP contribution in [0.1, 0.15) is 15.4 Å². The van der Waals surface area contributed by atoms with Crippen LogP contribution in [0.3, 0.4) is 0 Å². The summed E-state index contributed by atoms with van der Waals surface area (Å²) in [5.41, 5.74) is -0.380.